The van der Waals surface area contributed by atoms with Gasteiger partial charge in [-0.15, -0.1) is 0 Å². The Kier molecular flexibility index (Phi) is 3.57. The number of nitrogens with zero attached hydrogens (tertiary/aromatic N) is 2. The van der Waals surface area contributed by atoms with Crippen molar-refractivity contribution in [1.29, 1.82) is 0 Å². The number of carbonyl (C=O) groups is 1. The van der Waals surface area contributed by atoms with Crippen LogP contribution in [0.15, 0.2) is 6.20 Å². The molecule has 0 aliphatic rings. The van der Waals surface area contributed by atoms with Crippen molar-refractivity contribution in [2.45, 2.75) is 39.8 Å². The van der Waals surface area contributed by atoms with Crippen molar-refractivity contribution in [3.05, 3.63) is 17.5 Å². The highest BCUT2D eigenvalue weighted by molar-refractivity contribution is 5.67. The molecule has 1 aromatic rings. The molecule has 0 saturated carbocycles. The lowest BCUT2D eigenvalue weighted by Crippen LogP contribution is -2.32. The number of hydrogen-bond acceptors (Lipinski definition) is 3. The van der Waals surface area contributed by atoms with Crippen LogP contribution in [0.4, 0.5) is 4.79 Å². The molecule has 0 unspecified atom stereocenters. The van der Waals surface area contributed by atoms with Crippen molar-refractivity contribution in [1.82, 2.24) is 15.1 Å². The molecule has 5 heteroatoms. The summed E-state index contributed by atoms with van der Waals surface area (Å²) in [5.41, 5.74) is 1.57. The molecule has 0 fully saturated rings. The second kappa shape index (κ2) is 4.55. The highest BCUT2D eigenvalue weighted by atomic mass is 16.6. The van der Waals surface area contributed by atoms with Gasteiger partial charge in [0.05, 0.1) is 6.20 Å². The van der Waals surface area contributed by atoms with Crippen molar-refractivity contribution < 1.29 is 9.53 Å². The number of rotatable bonds is 2. The van der Waals surface area contributed by atoms with Gasteiger partial charge in [-0.1, -0.05) is 0 Å². The number of carbonyl (C=O) groups excluding carboxylic acids is 1. The molecule has 0 aromatic carbocycles. The molecule has 1 heterocycles. The van der Waals surface area contributed by atoms with Crippen LogP contribution in [-0.2, 0) is 18.3 Å². The predicted molar refractivity (Wildman–Crippen MR) is 61.0 cm³/mol. The van der Waals surface area contributed by atoms with Gasteiger partial charge < -0.3 is 10.1 Å². The summed E-state index contributed by atoms with van der Waals surface area (Å²) in [6, 6.07) is 0. The van der Waals surface area contributed by atoms with E-state index in [-0.39, 0.29) is 0 Å². The molecule has 1 rings (SSSR count). The number of ether oxygens (including phenoxy) is 1. The maximum atomic E-state index is 11.4. The van der Waals surface area contributed by atoms with Gasteiger partial charge in [-0.05, 0) is 27.7 Å². The van der Waals surface area contributed by atoms with E-state index in [2.05, 4.69) is 10.4 Å². The highest BCUT2D eigenvalue weighted by Crippen LogP contribution is 2.08. The summed E-state index contributed by atoms with van der Waals surface area (Å²) >= 11 is 0. The molecule has 1 aromatic heterocycles. The molecule has 0 atom stereocenters. The van der Waals surface area contributed by atoms with E-state index in [1.807, 2.05) is 34.7 Å². The van der Waals surface area contributed by atoms with E-state index < -0.39 is 11.7 Å². The summed E-state index contributed by atoms with van der Waals surface area (Å²) in [5, 5.41) is 6.79. The van der Waals surface area contributed by atoms with E-state index in [0.29, 0.717) is 6.54 Å². The lowest BCUT2D eigenvalue weighted by molar-refractivity contribution is 0.0523. The summed E-state index contributed by atoms with van der Waals surface area (Å²) in [5.74, 6) is 0. The Morgan fingerprint density at radius 1 is 1.56 bits per heavy atom. The number of aromatic nitrogens is 2. The molecule has 90 valence electrons. The molecule has 0 bridgehead atoms. The molecule has 16 heavy (non-hydrogen) atoms. The maximum absolute atomic E-state index is 11.4. The van der Waals surface area contributed by atoms with Crippen LogP contribution in [0, 0.1) is 6.92 Å². The van der Waals surface area contributed by atoms with Gasteiger partial charge in [0.1, 0.15) is 5.60 Å². The van der Waals surface area contributed by atoms with E-state index in [0.717, 1.165) is 11.3 Å². The van der Waals surface area contributed by atoms with Gasteiger partial charge in [0.15, 0.2) is 0 Å². The first-order chi connectivity index (χ1) is 7.29. The first-order valence-corrected chi connectivity index (χ1v) is 5.24. The maximum Gasteiger partial charge on any atom is 0.407 e. The van der Waals surface area contributed by atoms with Gasteiger partial charge in [-0.25, -0.2) is 4.79 Å². The van der Waals surface area contributed by atoms with E-state index in [4.69, 9.17) is 4.74 Å². The quantitative estimate of drug-likeness (QED) is 0.834. The zero-order valence-corrected chi connectivity index (χ0v) is 10.5. The molecule has 5 nitrogen and oxygen atoms in total. The van der Waals surface area contributed by atoms with Crippen LogP contribution in [0.1, 0.15) is 32.0 Å². The average molecular weight is 225 g/mol. The fourth-order valence-electron chi connectivity index (χ4n) is 1.20. The Balaban J connectivity index is 2.47. The Morgan fingerprint density at radius 2 is 2.19 bits per heavy atom. The average Bonchev–Trinajstić information content (AvgIpc) is 2.42. The molecule has 1 amide bonds. The molecule has 0 aliphatic heterocycles. The third kappa shape index (κ3) is 3.56. The summed E-state index contributed by atoms with van der Waals surface area (Å²) < 4.78 is 6.90. The molecular weight excluding hydrogens is 206 g/mol. The van der Waals surface area contributed by atoms with Crippen LogP contribution in [0.5, 0.6) is 0 Å². The summed E-state index contributed by atoms with van der Waals surface area (Å²) in [6.45, 7) is 7.90. The summed E-state index contributed by atoms with van der Waals surface area (Å²) in [7, 11) is 1.87. The second-order valence-corrected chi connectivity index (χ2v) is 4.73. The van der Waals surface area contributed by atoms with Crippen molar-refractivity contribution >= 4 is 6.09 Å². The van der Waals surface area contributed by atoms with Gasteiger partial charge in [-0.3, -0.25) is 4.68 Å². The van der Waals surface area contributed by atoms with E-state index >= 15 is 0 Å². The molecule has 0 saturated heterocycles. The fourth-order valence-corrected chi connectivity index (χ4v) is 1.20. The standard InChI is InChI=1S/C11H19N3O2/c1-8-9(7-13-14(8)5)6-12-10(15)16-11(2,3)4/h7H,6H2,1-5H3,(H,12,15). The molecule has 0 radical (unpaired) electrons. The van der Waals surface area contributed by atoms with E-state index in [9.17, 15) is 4.79 Å². The van der Waals surface area contributed by atoms with Crippen LogP contribution < -0.4 is 5.32 Å². The van der Waals surface area contributed by atoms with Crippen molar-refractivity contribution in [3.63, 3.8) is 0 Å². The molecular formula is C11H19N3O2. The van der Waals surface area contributed by atoms with Gasteiger partial charge in [-0.2, -0.15) is 5.10 Å². The van der Waals surface area contributed by atoms with Gasteiger partial charge >= 0.3 is 6.09 Å². The smallest absolute Gasteiger partial charge is 0.407 e. The number of hydrogen-bond donors (Lipinski definition) is 1. The zero-order chi connectivity index (χ0) is 12.3. The van der Waals surface area contributed by atoms with Crippen LogP contribution in [0.3, 0.4) is 0 Å². The van der Waals surface area contributed by atoms with Crippen LogP contribution in [0.2, 0.25) is 0 Å². The Morgan fingerprint density at radius 3 is 2.62 bits per heavy atom. The SMILES string of the molecule is Cc1c(CNC(=O)OC(C)(C)C)cnn1C. The van der Waals surface area contributed by atoms with Crippen molar-refractivity contribution in [2.75, 3.05) is 0 Å². The van der Waals surface area contributed by atoms with Gasteiger partial charge in [0.25, 0.3) is 0 Å². The molecule has 0 aliphatic carbocycles. The second-order valence-electron chi connectivity index (χ2n) is 4.73. The molecule has 0 spiro atoms. The topological polar surface area (TPSA) is 56.1 Å². The van der Waals surface area contributed by atoms with Gasteiger partial charge in [0, 0.05) is 24.8 Å². The minimum Gasteiger partial charge on any atom is -0.444 e. The third-order valence-electron chi connectivity index (χ3n) is 2.16. The van der Waals surface area contributed by atoms with Crippen LogP contribution in [0.25, 0.3) is 0 Å². The monoisotopic (exact) mass is 225 g/mol. The van der Waals surface area contributed by atoms with E-state index in [1.165, 1.54) is 0 Å². The largest absolute Gasteiger partial charge is 0.444 e. The first kappa shape index (κ1) is 12.5. The number of nitrogens with one attached hydrogen (secondary N) is 1. The van der Waals surface area contributed by atoms with Crippen molar-refractivity contribution in [3.8, 4) is 0 Å². The van der Waals surface area contributed by atoms with Crippen molar-refractivity contribution in [2.24, 2.45) is 7.05 Å². The Labute approximate surface area is 95.8 Å². The van der Waals surface area contributed by atoms with Crippen LogP contribution in [-0.4, -0.2) is 21.5 Å². The normalized spacial score (nSPS) is 11.3. The number of amides is 1. The zero-order valence-electron chi connectivity index (χ0n) is 10.5. The fraction of sp³-hybridized carbons (Fsp3) is 0.636. The minimum absolute atomic E-state index is 0.407. The third-order valence-corrected chi connectivity index (χ3v) is 2.16. The highest BCUT2D eigenvalue weighted by Gasteiger charge is 2.16. The number of aryl methyl sites for hydroxylation is 1. The minimum atomic E-state index is -0.464. The predicted octanol–water partition coefficient (Wildman–Crippen LogP) is 1.75. The first-order valence-electron chi connectivity index (χ1n) is 5.24. The van der Waals surface area contributed by atoms with Gasteiger partial charge in [0.2, 0.25) is 0 Å². The van der Waals surface area contributed by atoms with E-state index in [1.54, 1.807) is 10.9 Å². The molecule has 1 N–H and O–H groups in total. The lowest BCUT2D eigenvalue weighted by atomic mass is 10.2. The summed E-state index contributed by atoms with van der Waals surface area (Å²) in [4.78, 5) is 11.4. The summed E-state index contributed by atoms with van der Waals surface area (Å²) in [6.07, 6.45) is 1.34. The Bertz CT molecular complexity index is 377. The lowest BCUT2D eigenvalue weighted by Gasteiger charge is -2.19. The Hall–Kier alpha value is -1.52. The van der Waals surface area contributed by atoms with Crippen LogP contribution >= 0.6 is 0 Å². The number of alkyl carbamates (subject to hydrolysis) is 1.